The number of hydrogen-bond acceptors (Lipinski definition) is 2. The topological polar surface area (TPSA) is 46.5 Å². The van der Waals surface area contributed by atoms with E-state index in [2.05, 4.69) is 0 Å². The van der Waals surface area contributed by atoms with Gasteiger partial charge in [0.15, 0.2) is 11.6 Å². The van der Waals surface area contributed by atoms with E-state index in [1.807, 2.05) is 32.0 Å². The number of carbonyl (C=O) groups is 1. The molecule has 104 valence electrons. The third-order valence-corrected chi connectivity index (χ3v) is 2.94. The van der Waals surface area contributed by atoms with Crippen molar-refractivity contribution in [1.29, 1.82) is 0 Å². The second-order valence-electron chi connectivity index (χ2n) is 4.74. The molecule has 0 saturated heterocycles. The Balaban J connectivity index is 2.33. The number of carboxylic acid groups (broad SMARTS) is 1. The summed E-state index contributed by atoms with van der Waals surface area (Å²) >= 11 is 0. The van der Waals surface area contributed by atoms with Gasteiger partial charge >= 0.3 is 5.97 Å². The summed E-state index contributed by atoms with van der Waals surface area (Å²) in [5.74, 6) is -1.03. The van der Waals surface area contributed by atoms with Gasteiger partial charge in [-0.15, -0.1) is 0 Å². The Hall–Kier alpha value is -2.36. The van der Waals surface area contributed by atoms with Gasteiger partial charge in [0, 0.05) is 0 Å². The lowest BCUT2D eigenvalue weighted by Crippen LogP contribution is -1.99. The first-order valence-corrected chi connectivity index (χ1v) is 6.28. The molecule has 0 aromatic heterocycles. The second kappa shape index (κ2) is 5.74. The molecule has 0 unspecified atom stereocenters. The van der Waals surface area contributed by atoms with Crippen LogP contribution in [0.15, 0.2) is 42.5 Å². The third-order valence-electron chi connectivity index (χ3n) is 2.94. The molecule has 1 N–H and O–H groups in total. The van der Waals surface area contributed by atoms with Crippen LogP contribution in [0.3, 0.4) is 0 Å². The van der Waals surface area contributed by atoms with Crippen molar-refractivity contribution in [3.8, 4) is 11.5 Å². The molecule has 0 spiro atoms. The summed E-state index contributed by atoms with van der Waals surface area (Å²) < 4.78 is 19.4. The molecule has 2 rings (SSSR count). The van der Waals surface area contributed by atoms with Gasteiger partial charge in [-0.3, -0.25) is 0 Å². The van der Waals surface area contributed by atoms with Gasteiger partial charge in [-0.05, 0) is 35.7 Å². The largest absolute Gasteiger partial charge is 0.478 e. The van der Waals surface area contributed by atoms with E-state index < -0.39 is 11.8 Å². The number of benzene rings is 2. The maximum atomic E-state index is 13.8. The fourth-order valence-corrected chi connectivity index (χ4v) is 1.89. The van der Waals surface area contributed by atoms with Crippen LogP contribution in [0, 0.1) is 5.82 Å². The predicted octanol–water partition coefficient (Wildman–Crippen LogP) is 4.44. The highest BCUT2D eigenvalue weighted by Gasteiger charge is 2.12. The van der Waals surface area contributed by atoms with Gasteiger partial charge in [-0.1, -0.05) is 32.0 Å². The highest BCUT2D eigenvalue weighted by Crippen LogP contribution is 2.31. The highest BCUT2D eigenvalue weighted by molar-refractivity contribution is 5.87. The van der Waals surface area contributed by atoms with Crippen LogP contribution in [-0.2, 0) is 0 Å². The molecule has 2 aromatic rings. The van der Waals surface area contributed by atoms with Gasteiger partial charge in [0.05, 0.1) is 5.56 Å². The molecule has 0 bridgehead atoms. The SMILES string of the molecule is CC(C)c1ccccc1Oc1ccc(C(=O)O)cc1F. The number of hydrogen-bond donors (Lipinski definition) is 1. The van der Waals surface area contributed by atoms with Crippen LogP contribution in [-0.4, -0.2) is 11.1 Å². The lowest BCUT2D eigenvalue weighted by Gasteiger charge is -2.14. The molecule has 0 heterocycles. The van der Waals surface area contributed by atoms with E-state index in [1.165, 1.54) is 12.1 Å². The lowest BCUT2D eigenvalue weighted by atomic mass is 10.0. The Morgan fingerprint density at radius 1 is 1.15 bits per heavy atom. The van der Waals surface area contributed by atoms with Crippen LogP contribution < -0.4 is 4.74 Å². The minimum absolute atomic E-state index is 0.0168. The molecule has 4 heteroatoms. The van der Waals surface area contributed by atoms with Gasteiger partial charge in [0.2, 0.25) is 0 Å². The molecule has 20 heavy (non-hydrogen) atoms. The normalized spacial score (nSPS) is 10.6. The Labute approximate surface area is 116 Å². The van der Waals surface area contributed by atoms with E-state index in [1.54, 1.807) is 6.07 Å². The minimum Gasteiger partial charge on any atom is -0.478 e. The number of carboxylic acids is 1. The van der Waals surface area contributed by atoms with E-state index in [9.17, 15) is 9.18 Å². The molecule has 0 aliphatic heterocycles. The summed E-state index contributed by atoms with van der Waals surface area (Å²) in [4.78, 5) is 10.8. The molecule has 2 aromatic carbocycles. The first-order valence-electron chi connectivity index (χ1n) is 6.28. The van der Waals surface area contributed by atoms with Crippen molar-refractivity contribution in [1.82, 2.24) is 0 Å². The monoisotopic (exact) mass is 274 g/mol. The first-order chi connectivity index (χ1) is 9.49. The van der Waals surface area contributed by atoms with Crippen LogP contribution in [0.4, 0.5) is 4.39 Å². The van der Waals surface area contributed by atoms with Gasteiger partial charge in [0.25, 0.3) is 0 Å². The van der Waals surface area contributed by atoms with Crippen LogP contribution in [0.5, 0.6) is 11.5 Å². The number of para-hydroxylation sites is 1. The Morgan fingerprint density at radius 3 is 2.45 bits per heavy atom. The number of ether oxygens (including phenoxy) is 1. The van der Waals surface area contributed by atoms with Crippen LogP contribution in [0.1, 0.15) is 35.7 Å². The molecular weight excluding hydrogens is 259 g/mol. The predicted molar refractivity (Wildman–Crippen MR) is 74.0 cm³/mol. The smallest absolute Gasteiger partial charge is 0.335 e. The van der Waals surface area contributed by atoms with Gasteiger partial charge in [-0.25, -0.2) is 9.18 Å². The first kappa shape index (κ1) is 14.1. The van der Waals surface area contributed by atoms with Crippen molar-refractivity contribution < 1.29 is 19.0 Å². The zero-order valence-corrected chi connectivity index (χ0v) is 11.3. The van der Waals surface area contributed by atoms with Gasteiger partial charge < -0.3 is 9.84 Å². The molecule has 0 fully saturated rings. The van der Waals surface area contributed by atoms with Crippen molar-refractivity contribution >= 4 is 5.97 Å². The minimum atomic E-state index is -1.17. The van der Waals surface area contributed by atoms with Crippen LogP contribution in [0.25, 0.3) is 0 Å². The maximum absolute atomic E-state index is 13.8. The summed E-state index contributed by atoms with van der Waals surface area (Å²) in [5.41, 5.74) is 0.862. The van der Waals surface area contributed by atoms with E-state index in [0.717, 1.165) is 11.6 Å². The summed E-state index contributed by atoms with van der Waals surface area (Å²) in [6, 6.07) is 11.0. The number of halogens is 1. The van der Waals surface area contributed by atoms with E-state index in [-0.39, 0.29) is 17.2 Å². The van der Waals surface area contributed by atoms with Gasteiger partial charge in [-0.2, -0.15) is 0 Å². The molecule has 0 amide bonds. The molecule has 3 nitrogen and oxygen atoms in total. The second-order valence-corrected chi connectivity index (χ2v) is 4.74. The van der Waals surface area contributed by atoms with Crippen molar-refractivity contribution in [3.05, 3.63) is 59.4 Å². The summed E-state index contributed by atoms with van der Waals surface area (Å²) in [6.07, 6.45) is 0. The highest BCUT2D eigenvalue weighted by atomic mass is 19.1. The standard InChI is InChI=1S/C16H15FO3/c1-10(2)12-5-3-4-6-14(12)20-15-8-7-11(16(18)19)9-13(15)17/h3-10H,1-2H3,(H,18,19). The molecule has 0 aliphatic rings. The van der Waals surface area contributed by atoms with Crippen molar-refractivity contribution in [2.24, 2.45) is 0 Å². The van der Waals surface area contributed by atoms with Crippen molar-refractivity contribution in [2.45, 2.75) is 19.8 Å². The average molecular weight is 274 g/mol. The fourth-order valence-electron chi connectivity index (χ4n) is 1.89. The third kappa shape index (κ3) is 2.96. The quantitative estimate of drug-likeness (QED) is 0.896. The number of rotatable bonds is 4. The summed E-state index contributed by atoms with van der Waals surface area (Å²) in [6.45, 7) is 4.04. The van der Waals surface area contributed by atoms with E-state index >= 15 is 0 Å². The van der Waals surface area contributed by atoms with Crippen molar-refractivity contribution in [2.75, 3.05) is 0 Å². The average Bonchev–Trinajstić information content (AvgIpc) is 2.41. The fraction of sp³-hybridized carbons (Fsp3) is 0.188. The molecule has 0 aliphatic carbocycles. The van der Waals surface area contributed by atoms with Crippen LogP contribution >= 0.6 is 0 Å². The van der Waals surface area contributed by atoms with Crippen LogP contribution in [0.2, 0.25) is 0 Å². The Morgan fingerprint density at radius 2 is 1.85 bits per heavy atom. The number of aromatic carboxylic acids is 1. The zero-order valence-electron chi connectivity index (χ0n) is 11.3. The van der Waals surface area contributed by atoms with Gasteiger partial charge in [0.1, 0.15) is 5.75 Å². The van der Waals surface area contributed by atoms with E-state index in [4.69, 9.17) is 9.84 Å². The summed E-state index contributed by atoms with van der Waals surface area (Å²) in [5, 5.41) is 8.80. The zero-order chi connectivity index (χ0) is 14.7. The molecular formula is C16H15FO3. The lowest BCUT2D eigenvalue weighted by molar-refractivity contribution is 0.0696. The summed E-state index contributed by atoms with van der Waals surface area (Å²) in [7, 11) is 0. The van der Waals surface area contributed by atoms with Crippen molar-refractivity contribution in [3.63, 3.8) is 0 Å². The molecule has 0 atom stereocenters. The maximum Gasteiger partial charge on any atom is 0.335 e. The molecule has 0 radical (unpaired) electrons. The Kier molecular flexibility index (Phi) is 4.03. The molecule has 0 saturated carbocycles. The Bertz CT molecular complexity index is 635. The van der Waals surface area contributed by atoms with E-state index in [0.29, 0.717) is 5.75 Å².